The highest BCUT2D eigenvalue weighted by Crippen LogP contribution is 2.67. The first-order valence-corrected chi connectivity index (χ1v) is 14.2. The van der Waals surface area contributed by atoms with E-state index in [1.807, 2.05) is 55.5 Å². The second-order valence-corrected chi connectivity index (χ2v) is 13.0. The molecule has 0 saturated carbocycles. The lowest BCUT2D eigenvalue weighted by atomic mass is 10.0. The molecule has 0 fully saturated rings. The number of H-pyrrole nitrogens is 1. The van der Waals surface area contributed by atoms with E-state index in [1.165, 1.54) is 6.07 Å². The van der Waals surface area contributed by atoms with Crippen LogP contribution in [0.5, 0.6) is 0 Å². The van der Waals surface area contributed by atoms with Crippen molar-refractivity contribution in [3.05, 3.63) is 101 Å². The van der Waals surface area contributed by atoms with Gasteiger partial charge in [-0.25, -0.2) is 18.7 Å². The molecule has 0 saturated heterocycles. The minimum atomic E-state index is -4.19. The summed E-state index contributed by atoms with van der Waals surface area (Å²) >= 11 is 0. The Kier molecular flexibility index (Phi) is 6.03. The minimum absolute atomic E-state index is 0.0197. The van der Waals surface area contributed by atoms with Gasteiger partial charge in [-0.05, 0) is 54.6 Å². The number of hydrogen-bond acceptors (Lipinski definition) is 4. The van der Waals surface area contributed by atoms with E-state index in [9.17, 15) is 9.11 Å². The molecule has 0 unspecified atom stereocenters. The van der Waals surface area contributed by atoms with E-state index in [1.54, 1.807) is 23.6 Å². The number of halogens is 1. The van der Waals surface area contributed by atoms with Crippen molar-refractivity contribution < 1.29 is 13.5 Å². The summed E-state index contributed by atoms with van der Waals surface area (Å²) in [6.45, 7) is 6.03. The molecule has 7 heteroatoms. The smallest absolute Gasteiger partial charge is 0.132 e. The Morgan fingerprint density at radius 2 is 1.78 bits per heavy atom. The van der Waals surface area contributed by atoms with Crippen LogP contribution in [0.15, 0.2) is 72.8 Å². The van der Waals surface area contributed by atoms with Crippen LogP contribution in [0, 0.1) is 12.7 Å². The van der Waals surface area contributed by atoms with Crippen LogP contribution in [0.3, 0.4) is 0 Å². The summed E-state index contributed by atoms with van der Waals surface area (Å²) in [6, 6.07) is 19.8. The lowest BCUT2D eigenvalue weighted by Crippen LogP contribution is -2.12. The van der Waals surface area contributed by atoms with Crippen LogP contribution in [0.1, 0.15) is 48.8 Å². The van der Waals surface area contributed by atoms with E-state index in [2.05, 4.69) is 23.8 Å². The molecule has 0 atom stereocenters. The average molecular weight is 504 g/mol. The number of nitrogens with zero attached hydrogens (tertiary/aromatic N) is 2. The van der Waals surface area contributed by atoms with Gasteiger partial charge in [0.25, 0.3) is 0 Å². The number of nitrogens with one attached hydrogen (secondary N) is 1. The Morgan fingerprint density at radius 3 is 2.50 bits per heavy atom. The number of aryl methyl sites for hydroxylation is 1. The Hall–Kier alpha value is -3.39. The molecule has 5 nitrogen and oxygen atoms in total. The van der Waals surface area contributed by atoms with Crippen LogP contribution < -0.4 is 0 Å². The van der Waals surface area contributed by atoms with Gasteiger partial charge in [-0.15, -0.1) is 0 Å². The van der Waals surface area contributed by atoms with E-state index in [0.29, 0.717) is 17.7 Å². The molecule has 5 rings (SSSR count). The Labute approximate surface area is 210 Å². The van der Waals surface area contributed by atoms with E-state index in [0.717, 1.165) is 28.5 Å². The fraction of sp³-hybridized carbons (Fsp3) is 0.207. The van der Waals surface area contributed by atoms with Crippen molar-refractivity contribution in [2.24, 2.45) is 0 Å². The van der Waals surface area contributed by atoms with Gasteiger partial charge in [0.05, 0.1) is 27.7 Å². The largest absolute Gasteiger partial charge is 0.340 e. The maximum Gasteiger partial charge on any atom is 0.132 e. The van der Waals surface area contributed by atoms with Crippen molar-refractivity contribution in [3.63, 3.8) is 0 Å². The van der Waals surface area contributed by atoms with Crippen molar-refractivity contribution in [1.29, 1.82) is 0 Å². The molecule has 1 aliphatic heterocycles. The van der Waals surface area contributed by atoms with E-state index >= 15 is 4.39 Å². The molecule has 186 valence electrons. The molecular weight excluding hydrogens is 473 g/mol. The zero-order valence-electron chi connectivity index (χ0n) is 20.6. The first-order valence-electron chi connectivity index (χ1n) is 12.0. The van der Waals surface area contributed by atoms with Crippen molar-refractivity contribution in [3.8, 4) is 22.6 Å². The molecule has 0 aliphatic carbocycles. The van der Waals surface area contributed by atoms with Crippen molar-refractivity contribution >= 4 is 19.6 Å². The van der Waals surface area contributed by atoms with E-state index < -0.39 is 15.1 Å². The van der Waals surface area contributed by atoms with Gasteiger partial charge in [0.1, 0.15) is 11.6 Å². The lowest BCUT2D eigenvalue weighted by Gasteiger charge is -2.45. The third kappa shape index (κ3) is 4.46. The summed E-state index contributed by atoms with van der Waals surface area (Å²) in [5, 5.41) is 1.54. The highest BCUT2D eigenvalue weighted by atomic mass is 32.3. The van der Waals surface area contributed by atoms with Crippen LogP contribution in [-0.2, 0) is 5.75 Å². The maximum atomic E-state index is 15.3. The van der Waals surface area contributed by atoms with Gasteiger partial charge in [0, 0.05) is 22.7 Å². The molecule has 2 aromatic carbocycles. The molecule has 2 aromatic heterocycles. The topological polar surface area (TPSA) is 82.0 Å². The quantitative estimate of drug-likeness (QED) is 0.235. The fourth-order valence-corrected chi connectivity index (χ4v) is 7.52. The zero-order chi connectivity index (χ0) is 25.5. The molecule has 0 amide bonds. The molecular formula is C29H30FN3O2S. The number of aromatic amines is 1. The lowest BCUT2D eigenvalue weighted by molar-refractivity contribution is 0.494. The third-order valence-corrected chi connectivity index (χ3v) is 9.58. The number of rotatable bonds is 6. The normalized spacial score (nSPS) is 17.3. The summed E-state index contributed by atoms with van der Waals surface area (Å²) in [7, 11) is -4.19. The van der Waals surface area contributed by atoms with Crippen LogP contribution in [-0.4, -0.2) is 29.4 Å². The van der Waals surface area contributed by atoms with Gasteiger partial charge < -0.3 is 14.1 Å². The van der Waals surface area contributed by atoms with Gasteiger partial charge in [-0.1, -0.05) is 56.3 Å². The minimum Gasteiger partial charge on any atom is -0.340 e. The summed E-state index contributed by atoms with van der Waals surface area (Å²) in [5.41, 5.74) is 4.67. The first-order chi connectivity index (χ1) is 17.1. The second kappa shape index (κ2) is 8.92. The summed E-state index contributed by atoms with van der Waals surface area (Å²) in [4.78, 5) is 13.2. The summed E-state index contributed by atoms with van der Waals surface area (Å²) < 4.78 is 38.7. The molecule has 3 N–H and O–H groups in total. The van der Waals surface area contributed by atoms with Crippen LogP contribution in [0.25, 0.3) is 27.6 Å². The Balaban J connectivity index is 1.63. The predicted molar refractivity (Wildman–Crippen MR) is 148 cm³/mol. The molecule has 0 radical (unpaired) electrons. The van der Waals surface area contributed by atoms with Crippen molar-refractivity contribution in [1.82, 2.24) is 15.0 Å². The number of benzene rings is 2. The van der Waals surface area contributed by atoms with Crippen LogP contribution >= 0.6 is 9.31 Å². The standard InChI is InChI=1S/C29H30FN3O2S/c1-19(2)29-32-27(28(33-29)25-12-7-9-20(3)31-25)22-14-15-24(30)23(17-22)26-13-8-16-36(26,34,35)18-21-10-5-4-6-11-21/h4-7,9-17,19,34-35H,8,18H2,1-3H3,(H,32,33). The first kappa shape index (κ1) is 24.3. The molecule has 36 heavy (non-hydrogen) atoms. The average Bonchev–Trinajstić information content (AvgIpc) is 3.42. The Bertz CT molecular complexity index is 1550. The number of hydrogen-bond donors (Lipinski definition) is 3. The molecule has 0 bridgehead atoms. The fourth-order valence-electron chi connectivity index (χ4n) is 4.62. The van der Waals surface area contributed by atoms with E-state index in [-0.39, 0.29) is 22.1 Å². The summed E-state index contributed by atoms with van der Waals surface area (Å²) in [6.07, 6.45) is 2.08. The highest BCUT2D eigenvalue weighted by Gasteiger charge is 2.33. The van der Waals surface area contributed by atoms with Crippen molar-refractivity contribution in [2.45, 2.75) is 38.9 Å². The zero-order valence-corrected chi connectivity index (χ0v) is 21.4. The molecule has 3 heterocycles. The van der Waals surface area contributed by atoms with Crippen LogP contribution in [0.4, 0.5) is 4.39 Å². The molecule has 0 spiro atoms. The van der Waals surface area contributed by atoms with Gasteiger partial charge in [0.2, 0.25) is 0 Å². The van der Waals surface area contributed by atoms with Gasteiger partial charge in [-0.3, -0.25) is 4.98 Å². The molecule has 4 aromatic rings. The maximum absolute atomic E-state index is 15.3. The SMILES string of the molecule is Cc1cccc(-c2[nH]c(C(C)C)nc2-c2ccc(F)c(C3=CCC=S3(O)(O)Cc3ccccc3)c2)n1. The monoisotopic (exact) mass is 503 g/mol. The summed E-state index contributed by atoms with van der Waals surface area (Å²) in [5.74, 6) is 0.464. The van der Waals surface area contributed by atoms with Gasteiger partial charge in [-0.2, -0.15) is 0 Å². The van der Waals surface area contributed by atoms with Crippen LogP contribution in [0.2, 0.25) is 0 Å². The number of allylic oxidation sites excluding steroid dienone is 1. The van der Waals surface area contributed by atoms with E-state index in [4.69, 9.17) is 4.98 Å². The van der Waals surface area contributed by atoms with Crippen molar-refractivity contribution in [2.75, 3.05) is 0 Å². The van der Waals surface area contributed by atoms with Gasteiger partial charge >= 0.3 is 0 Å². The predicted octanol–water partition coefficient (Wildman–Crippen LogP) is 7.74. The third-order valence-electron chi connectivity index (χ3n) is 6.44. The highest BCUT2D eigenvalue weighted by molar-refractivity contribution is 8.45. The number of aromatic nitrogens is 3. The number of pyridine rings is 1. The van der Waals surface area contributed by atoms with Gasteiger partial charge in [0.15, 0.2) is 0 Å². The Morgan fingerprint density at radius 1 is 1.00 bits per heavy atom. The second-order valence-electron chi connectivity index (χ2n) is 9.62. The molecule has 1 aliphatic rings. The number of imidazole rings is 1.